The van der Waals surface area contributed by atoms with Crippen molar-refractivity contribution in [3.63, 3.8) is 0 Å². The van der Waals surface area contributed by atoms with Crippen molar-refractivity contribution < 1.29 is 4.79 Å². The average molecular weight is 322 g/mol. The summed E-state index contributed by atoms with van der Waals surface area (Å²) in [5.41, 5.74) is 0.961. The summed E-state index contributed by atoms with van der Waals surface area (Å²) in [6.07, 6.45) is 6.50. The standard InChI is InChI=1S/C16H26N4OS/c1-13-12-22-16(17-13)18-15(21)11-19-9-5-14(6-10-19)20-7-3-2-4-8-20/h12,14H,2-11H2,1H3,(H,17,18,21). The zero-order valence-corrected chi connectivity index (χ0v) is 14.2. The van der Waals surface area contributed by atoms with Gasteiger partial charge >= 0.3 is 0 Å². The smallest absolute Gasteiger partial charge is 0.240 e. The summed E-state index contributed by atoms with van der Waals surface area (Å²) < 4.78 is 0. The number of hydrogen-bond donors (Lipinski definition) is 1. The molecule has 3 rings (SSSR count). The first kappa shape index (κ1) is 15.9. The summed E-state index contributed by atoms with van der Waals surface area (Å²) in [4.78, 5) is 21.3. The van der Waals surface area contributed by atoms with Crippen molar-refractivity contribution in [2.24, 2.45) is 0 Å². The Bertz CT molecular complexity index is 490. The maximum Gasteiger partial charge on any atom is 0.240 e. The number of rotatable bonds is 4. The van der Waals surface area contributed by atoms with Gasteiger partial charge in [-0.15, -0.1) is 11.3 Å². The molecule has 2 fully saturated rings. The molecule has 6 heteroatoms. The van der Waals surface area contributed by atoms with Crippen LogP contribution in [-0.4, -0.2) is 59.5 Å². The molecule has 0 unspecified atom stereocenters. The Morgan fingerprint density at radius 3 is 2.64 bits per heavy atom. The Morgan fingerprint density at radius 2 is 2.00 bits per heavy atom. The first-order chi connectivity index (χ1) is 10.7. The zero-order valence-electron chi connectivity index (χ0n) is 13.4. The molecule has 1 N–H and O–H groups in total. The fourth-order valence-electron chi connectivity index (χ4n) is 3.50. The fourth-order valence-corrected chi connectivity index (χ4v) is 4.20. The SMILES string of the molecule is Cc1csc(NC(=O)CN2CCC(N3CCCCC3)CC2)n1. The summed E-state index contributed by atoms with van der Waals surface area (Å²) in [5.74, 6) is 0.0609. The third-order valence-electron chi connectivity index (χ3n) is 4.70. The van der Waals surface area contributed by atoms with Crippen LogP contribution in [0, 0.1) is 6.92 Å². The fraction of sp³-hybridized carbons (Fsp3) is 0.750. The molecule has 0 spiro atoms. The predicted molar refractivity (Wildman–Crippen MR) is 90.4 cm³/mol. The van der Waals surface area contributed by atoms with Crippen molar-refractivity contribution in [2.75, 3.05) is 38.0 Å². The second-order valence-corrected chi connectivity index (χ2v) is 7.30. The monoisotopic (exact) mass is 322 g/mol. The van der Waals surface area contributed by atoms with Gasteiger partial charge in [-0.1, -0.05) is 6.42 Å². The molecule has 22 heavy (non-hydrogen) atoms. The van der Waals surface area contributed by atoms with Crippen LogP contribution in [-0.2, 0) is 4.79 Å². The van der Waals surface area contributed by atoms with E-state index in [1.807, 2.05) is 12.3 Å². The molecule has 2 aliphatic rings. The number of anilines is 1. The van der Waals surface area contributed by atoms with Crippen molar-refractivity contribution in [3.05, 3.63) is 11.1 Å². The highest BCUT2D eigenvalue weighted by Gasteiger charge is 2.26. The largest absolute Gasteiger partial charge is 0.301 e. The van der Waals surface area contributed by atoms with Gasteiger partial charge in [-0.3, -0.25) is 9.69 Å². The van der Waals surface area contributed by atoms with E-state index in [1.165, 1.54) is 56.5 Å². The lowest BCUT2D eigenvalue weighted by atomic mass is 10.00. The van der Waals surface area contributed by atoms with Crippen LogP contribution >= 0.6 is 11.3 Å². The van der Waals surface area contributed by atoms with Crippen LogP contribution in [0.25, 0.3) is 0 Å². The van der Waals surface area contributed by atoms with Gasteiger partial charge in [0.05, 0.1) is 12.2 Å². The predicted octanol–water partition coefficient (Wildman–Crippen LogP) is 2.34. The van der Waals surface area contributed by atoms with Crippen molar-refractivity contribution in [1.82, 2.24) is 14.8 Å². The van der Waals surface area contributed by atoms with Crippen molar-refractivity contribution in [3.8, 4) is 0 Å². The van der Waals surface area contributed by atoms with E-state index in [4.69, 9.17) is 0 Å². The molecule has 0 aliphatic carbocycles. The number of nitrogens with one attached hydrogen (secondary N) is 1. The highest BCUT2D eigenvalue weighted by atomic mass is 32.1. The molecule has 1 aromatic rings. The lowest BCUT2D eigenvalue weighted by molar-refractivity contribution is -0.117. The maximum absolute atomic E-state index is 12.1. The third-order valence-corrected chi connectivity index (χ3v) is 5.57. The number of nitrogens with zero attached hydrogens (tertiary/aromatic N) is 3. The highest BCUT2D eigenvalue weighted by molar-refractivity contribution is 7.13. The van der Waals surface area contributed by atoms with Gasteiger partial charge in [0.1, 0.15) is 0 Å². The second-order valence-electron chi connectivity index (χ2n) is 6.45. The number of thiazole rings is 1. The number of aryl methyl sites for hydroxylation is 1. The van der Waals surface area contributed by atoms with E-state index in [1.54, 1.807) is 0 Å². The second kappa shape index (κ2) is 7.53. The van der Waals surface area contributed by atoms with Crippen LogP contribution in [0.5, 0.6) is 0 Å². The number of amides is 1. The van der Waals surface area contributed by atoms with Crippen molar-refractivity contribution in [1.29, 1.82) is 0 Å². The van der Waals surface area contributed by atoms with Crippen LogP contribution in [0.3, 0.4) is 0 Å². The quantitative estimate of drug-likeness (QED) is 0.924. The normalized spacial score (nSPS) is 21.9. The number of piperidine rings is 2. The molecule has 2 saturated heterocycles. The molecule has 122 valence electrons. The zero-order chi connectivity index (χ0) is 15.4. The van der Waals surface area contributed by atoms with E-state index in [0.29, 0.717) is 11.7 Å². The molecular formula is C16H26N4OS. The first-order valence-corrected chi connectivity index (χ1v) is 9.27. The topological polar surface area (TPSA) is 48.5 Å². The minimum absolute atomic E-state index is 0.0609. The lowest BCUT2D eigenvalue weighted by Gasteiger charge is -2.40. The van der Waals surface area contributed by atoms with E-state index in [2.05, 4.69) is 20.1 Å². The molecule has 2 aliphatic heterocycles. The summed E-state index contributed by atoms with van der Waals surface area (Å²) in [7, 11) is 0. The Hall–Kier alpha value is -0.980. The van der Waals surface area contributed by atoms with Crippen molar-refractivity contribution in [2.45, 2.75) is 45.1 Å². The molecule has 0 bridgehead atoms. The van der Waals surface area contributed by atoms with E-state index in [-0.39, 0.29) is 5.91 Å². The molecule has 0 atom stereocenters. The molecule has 5 nitrogen and oxygen atoms in total. The van der Waals surface area contributed by atoms with Crippen molar-refractivity contribution >= 4 is 22.4 Å². The van der Waals surface area contributed by atoms with Crippen LogP contribution in [0.2, 0.25) is 0 Å². The summed E-state index contributed by atoms with van der Waals surface area (Å²) >= 11 is 1.49. The number of hydrogen-bond acceptors (Lipinski definition) is 5. The summed E-state index contributed by atoms with van der Waals surface area (Å²) in [6.45, 7) is 7.04. The Labute approximate surface area is 136 Å². The Kier molecular flexibility index (Phi) is 5.44. The van der Waals surface area contributed by atoms with Crippen LogP contribution < -0.4 is 5.32 Å². The van der Waals surface area contributed by atoms with Crippen LogP contribution in [0.1, 0.15) is 37.8 Å². The van der Waals surface area contributed by atoms with Crippen LogP contribution in [0.4, 0.5) is 5.13 Å². The van der Waals surface area contributed by atoms with Gasteiger partial charge in [-0.2, -0.15) is 0 Å². The molecule has 3 heterocycles. The molecule has 1 aromatic heterocycles. The Morgan fingerprint density at radius 1 is 1.27 bits per heavy atom. The maximum atomic E-state index is 12.1. The molecular weight excluding hydrogens is 296 g/mol. The minimum atomic E-state index is 0.0609. The van der Waals surface area contributed by atoms with Gasteiger partial charge in [-0.25, -0.2) is 4.98 Å². The molecule has 1 amide bonds. The van der Waals surface area contributed by atoms with E-state index < -0.39 is 0 Å². The van der Waals surface area contributed by atoms with E-state index in [9.17, 15) is 4.79 Å². The number of likely N-dealkylation sites (tertiary alicyclic amines) is 2. The molecule has 0 saturated carbocycles. The van der Waals surface area contributed by atoms with E-state index >= 15 is 0 Å². The number of carbonyl (C=O) groups is 1. The van der Waals surface area contributed by atoms with Gasteiger partial charge in [0.25, 0.3) is 0 Å². The van der Waals surface area contributed by atoms with Gasteiger partial charge in [-0.05, 0) is 45.7 Å². The van der Waals surface area contributed by atoms with Gasteiger partial charge in [0, 0.05) is 24.5 Å². The lowest BCUT2D eigenvalue weighted by Crippen LogP contribution is -2.48. The Balaban J connectivity index is 1.40. The summed E-state index contributed by atoms with van der Waals surface area (Å²) in [5, 5.41) is 5.57. The van der Waals surface area contributed by atoms with Gasteiger partial charge in [0.2, 0.25) is 5.91 Å². The number of aromatic nitrogens is 1. The van der Waals surface area contributed by atoms with Crippen LogP contribution in [0.15, 0.2) is 5.38 Å². The first-order valence-electron chi connectivity index (χ1n) is 8.39. The average Bonchev–Trinajstić information content (AvgIpc) is 2.94. The highest BCUT2D eigenvalue weighted by Crippen LogP contribution is 2.21. The third kappa shape index (κ3) is 4.27. The van der Waals surface area contributed by atoms with Gasteiger partial charge < -0.3 is 10.2 Å². The molecule has 0 aromatic carbocycles. The van der Waals surface area contributed by atoms with E-state index in [0.717, 1.165) is 24.8 Å². The minimum Gasteiger partial charge on any atom is -0.301 e. The summed E-state index contributed by atoms with van der Waals surface area (Å²) in [6, 6.07) is 0.737. The number of carbonyl (C=O) groups excluding carboxylic acids is 1. The molecule has 0 radical (unpaired) electrons. The van der Waals surface area contributed by atoms with Gasteiger partial charge in [0.15, 0.2) is 5.13 Å².